The third-order valence-corrected chi connectivity index (χ3v) is 1.78. The number of nitrogens with zero attached hydrogens (tertiary/aromatic N) is 3. The topological polar surface area (TPSA) is 55.0 Å². The molecule has 2 N–H and O–H groups in total. The molecule has 1 rings (SSSR count). The SMILES string of the molecule is CCCN(CCN)c1ncc(F)cn1. The van der Waals surface area contributed by atoms with Gasteiger partial charge in [-0.3, -0.25) is 0 Å². The number of halogens is 1. The Hall–Kier alpha value is -1.23. The Morgan fingerprint density at radius 3 is 2.50 bits per heavy atom. The van der Waals surface area contributed by atoms with E-state index in [2.05, 4.69) is 16.9 Å². The van der Waals surface area contributed by atoms with E-state index in [0.717, 1.165) is 13.0 Å². The van der Waals surface area contributed by atoms with Gasteiger partial charge in [0.1, 0.15) is 0 Å². The maximum atomic E-state index is 12.6. The minimum Gasteiger partial charge on any atom is -0.340 e. The van der Waals surface area contributed by atoms with E-state index < -0.39 is 5.82 Å². The number of hydrogen-bond acceptors (Lipinski definition) is 4. The minimum absolute atomic E-state index is 0.419. The molecule has 78 valence electrons. The van der Waals surface area contributed by atoms with Crippen LogP contribution in [-0.2, 0) is 0 Å². The van der Waals surface area contributed by atoms with Gasteiger partial charge in [0, 0.05) is 19.6 Å². The van der Waals surface area contributed by atoms with Crippen LogP contribution in [0.3, 0.4) is 0 Å². The van der Waals surface area contributed by atoms with Gasteiger partial charge in [-0.25, -0.2) is 14.4 Å². The second kappa shape index (κ2) is 5.49. The highest BCUT2D eigenvalue weighted by molar-refractivity contribution is 5.28. The molecule has 0 amide bonds. The Balaban J connectivity index is 2.71. The molecule has 0 aliphatic heterocycles. The molecule has 0 saturated heterocycles. The highest BCUT2D eigenvalue weighted by Crippen LogP contribution is 2.06. The smallest absolute Gasteiger partial charge is 0.225 e. The highest BCUT2D eigenvalue weighted by atomic mass is 19.1. The lowest BCUT2D eigenvalue weighted by molar-refractivity contribution is 0.610. The monoisotopic (exact) mass is 198 g/mol. The fraction of sp³-hybridized carbons (Fsp3) is 0.556. The maximum Gasteiger partial charge on any atom is 0.225 e. The maximum absolute atomic E-state index is 12.6. The average molecular weight is 198 g/mol. The van der Waals surface area contributed by atoms with E-state index >= 15 is 0 Å². The van der Waals surface area contributed by atoms with Crippen molar-refractivity contribution in [2.45, 2.75) is 13.3 Å². The fourth-order valence-corrected chi connectivity index (χ4v) is 1.21. The molecule has 0 atom stereocenters. The lowest BCUT2D eigenvalue weighted by Crippen LogP contribution is -2.31. The summed E-state index contributed by atoms with van der Waals surface area (Å²) in [6.07, 6.45) is 3.32. The first-order valence-electron chi connectivity index (χ1n) is 4.70. The van der Waals surface area contributed by atoms with E-state index in [-0.39, 0.29) is 0 Å². The van der Waals surface area contributed by atoms with Gasteiger partial charge in [0.15, 0.2) is 5.82 Å². The van der Waals surface area contributed by atoms with E-state index in [4.69, 9.17) is 5.73 Å². The fourth-order valence-electron chi connectivity index (χ4n) is 1.21. The number of rotatable bonds is 5. The van der Waals surface area contributed by atoms with Crippen LogP contribution in [-0.4, -0.2) is 29.6 Å². The highest BCUT2D eigenvalue weighted by Gasteiger charge is 2.06. The third-order valence-electron chi connectivity index (χ3n) is 1.78. The summed E-state index contributed by atoms with van der Waals surface area (Å²) >= 11 is 0. The van der Waals surface area contributed by atoms with E-state index in [1.54, 1.807) is 0 Å². The summed E-state index contributed by atoms with van der Waals surface area (Å²) in [5, 5.41) is 0. The summed E-state index contributed by atoms with van der Waals surface area (Å²) in [6.45, 7) is 4.14. The van der Waals surface area contributed by atoms with Gasteiger partial charge in [-0.05, 0) is 6.42 Å². The molecule has 0 aliphatic carbocycles. The molecule has 0 saturated carbocycles. The first kappa shape index (κ1) is 10.8. The molecule has 0 bridgehead atoms. The summed E-state index contributed by atoms with van der Waals surface area (Å²) in [7, 11) is 0. The molecule has 5 heteroatoms. The zero-order valence-corrected chi connectivity index (χ0v) is 8.28. The van der Waals surface area contributed by atoms with Crippen molar-refractivity contribution in [1.29, 1.82) is 0 Å². The van der Waals surface area contributed by atoms with Gasteiger partial charge in [0.05, 0.1) is 12.4 Å². The molecule has 14 heavy (non-hydrogen) atoms. The largest absolute Gasteiger partial charge is 0.340 e. The molecule has 1 aromatic heterocycles. The van der Waals surface area contributed by atoms with Gasteiger partial charge in [-0.2, -0.15) is 0 Å². The van der Waals surface area contributed by atoms with Crippen LogP contribution >= 0.6 is 0 Å². The number of nitrogens with two attached hydrogens (primary N) is 1. The molecule has 0 spiro atoms. The van der Waals surface area contributed by atoms with Crippen LogP contribution in [0.1, 0.15) is 13.3 Å². The standard InChI is InChI=1S/C9H15FN4/c1-2-4-14(5-3-11)9-12-6-8(10)7-13-9/h6-7H,2-5,11H2,1H3. The number of hydrogen-bond donors (Lipinski definition) is 1. The van der Waals surface area contributed by atoms with Gasteiger partial charge >= 0.3 is 0 Å². The van der Waals surface area contributed by atoms with E-state index in [1.807, 2.05) is 4.90 Å². The van der Waals surface area contributed by atoms with E-state index in [0.29, 0.717) is 19.0 Å². The lowest BCUT2D eigenvalue weighted by atomic mass is 10.4. The molecule has 4 nitrogen and oxygen atoms in total. The van der Waals surface area contributed by atoms with Crippen LogP contribution in [0.4, 0.5) is 10.3 Å². The predicted molar refractivity (Wildman–Crippen MR) is 53.5 cm³/mol. The Morgan fingerprint density at radius 2 is 2.00 bits per heavy atom. The molecule has 0 unspecified atom stereocenters. The Kier molecular flexibility index (Phi) is 4.25. The van der Waals surface area contributed by atoms with Gasteiger partial charge in [0.25, 0.3) is 0 Å². The van der Waals surface area contributed by atoms with Crippen molar-refractivity contribution < 1.29 is 4.39 Å². The first-order chi connectivity index (χ1) is 6.77. The molecular formula is C9H15FN4. The second-order valence-corrected chi connectivity index (χ2v) is 2.98. The van der Waals surface area contributed by atoms with Crippen LogP contribution in [0, 0.1) is 5.82 Å². The number of anilines is 1. The van der Waals surface area contributed by atoms with Crippen LogP contribution in [0.25, 0.3) is 0 Å². The van der Waals surface area contributed by atoms with Crippen molar-refractivity contribution in [1.82, 2.24) is 9.97 Å². The normalized spacial score (nSPS) is 10.2. The van der Waals surface area contributed by atoms with Crippen molar-refractivity contribution in [2.24, 2.45) is 5.73 Å². The summed E-state index contributed by atoms with van der Waals surface area (Å²) < 4.78 is 12.6. The summed E-state index contributed by atoms with van der Waals surface area (Å²) in [5.41, 5.74) is 5.46. The Bertz CT molecular complexity index is 256. The predicted octanol–water partition coefficient (Wildman–Crippen LogP) is 0.791. The molecule has 1 heterocycles. The van der Waals surface area contributed by atoms with Crippen molar-refractivity contribution in [3.8, 4) is 0 Å². The quantitative estimate of drug-likeness (QED) is 0.760. The Morgan fingerprint density at radius 1 is 1.36 bits per heavy atom. The minimum atomic E-state index is -0.419. The molecule has 0 aromatic carbocycles. The molecule has 0 radical (unpaired) electrons. The molecule has 1 aromatic rings. The zero-order valence-electron chi connectivity index (χ0n) is 8.28. The van der Waals surface area contributed by atoms with E-state index in [1.165, 1.54) is 12.4 Å². The molecule has 0 fully saturated rings. The van der Waals surface area contributed by atoms with E-state index in [9.17, 15) is 4.39 Å². The van der Waals surface area contributed by atoms with Crippen molar-refractivity contribution >= 4 is 5.95 Å². The second-order valence-electron chi connectivity index (χ2n) is 2.98. The van der Waals surface area contributed by atoms with Crippen LogP contribution in [0.15, 0.2) is 12.4 Å². The van der Waals surface area contributed by atoms with Gasteiger partial charge in [0.2, 0.25) is 5.95 Å². The third kappa shape index (κ3) is 2.92. The zero-order chi connectivity index (χ0) is 10.4. The first-order valence-corrected chi connectivity index (χ1v) is 4.70. The molecular weight excluding hydrogens is 183 g/mol. The van der Waals surface area contributed by atoms with Crippen LogP contribution in [0.5, 0.6) is 0 Å². The van der Waals surface area contributed by atoms with Crippen molar-refractivity contribution in [3.05, 3.63) is 18.2 Å². The average Bonchev–Trinajstić information content (AvgIpc) is 2.19. The number of aromatic nitrogens is 2. The lowest BCUT2D eigenvalue weighted by Gasteiger charge is -2.20. The summed E-state index contributed by atoms with van der Waals surface area (Å²) in [6, 6.07) is 0. The summed E-state index contributed by atoms with van der Waals surface area (Å²) in [4.78, 5) is 9.74. The van der Waals surface area contributed by atoms with Gasteiger partial charge in [-0.1, -0.05) is 6.92 Å². The molecule has 0 aliphatic rings. The van der Waals surface area contributed by atoms with Crippen molar-refractivity contribution in [2.75, 3.05) is 24.5 Å². The van der Waals surface area contributed by atoms with Crippen molar-refractivity contribution in [3.63, 3.8) is 0 Å². The van der Waals surface area contributed by atoms with Crippen LogP contribution in [0.2, 0.25) is 0 Å². The van der Waals surface area contributed by atoms with Gasteiger partial charge in [-0.15, -0.1) is 0 Å². The van der Waals surface area contributed by atoms with Crippen LogP contribution < -0.4 is 10.6 Å². The summed E-state index contributed by atoms with van der Waals surface area (Å²) in [5.74, 6) is 0.122. The van der Waals surface area contributed by atoms with Gasteiger partial charge < -0.3 is 10.6 Å². The Labute approximate surface area is 83.0 Å².